The van der Waals surface area contributed by atoms with E-state index in [1.807, 2.05) is 0 Å². The summed E-state index contributed by atoms with van der Waals surface area (Å²) in [4.78, 5) is 29.2. The largest absolute Gasteiger partial charge is 0.332 e. The van der Waals surface area contributed by atoms with Crippen LogP contribution in [0.5, 0.6) is 0 Å². The van der Waals surface area contributed by atoms with Gasteiger partial charge in [-0.25, -0.2) is 9.97 Å². The predicted molar refractivity (Wildman–Crippen MR) is 137 cm³/mol. The summed E-state index contributed by atoms with van der Waals surface area (Å²) < 4.78 is 0. The molecule has 6 heteroatoms. The average Bonchev–Trinajstić information content (AvgIpc) is 3.12. The topological polar surface area (TPSA) is 52.6 Å². The van der Waals surface area contributed by atoms with Crippen LogP contribution in [0, 0.1) is 5.92 Å². The molecule has 3 aliphatic heterocycles. The first kappa shape index (κ1) is 24.2. The van der Waals surface area contributed by atoms with E-state index in [1.54, 1.807) is 6.92 Å². The van der Waals surface area contributed by atoms with Crippen molar-refractivity contribution in [3.05, 3.63) is 18.0 Å². The Hall–Kier alpha value is -1.53. The second-order valence-corrected chi connectivity index (χ2v) is 11.7. The zero-order chi connectivity index (χ0) is 23.7. The second kappa shape index (κ2) is 10.6. The second-order valence-electron chi connectivity index (χ2n) is 11.7. The summed E-state index contributed by atoms with van der Waals surface area (Å²) in [6.07, 6.45) is 16.3. The van der Waals surface area contributed by atoms with Gasteiger partial charge in [0.2, 0.25) is 5.95 Å². The molecule has 0 radical (unpaired) electrons. The summed E-state index contributed by atoms with van der Waals surface area (Å²) in [5.41, 5.74) is 1.33. The molecule has 3 saturated heterocycles. The molecule has 1 saturated carbocycles. The van der Waals surface area contributed by atoms with Crippen LogP contribution >= 0.6 is 0 Å². The number of likely N-dealkylation sites (tertiary alicyclic amines) is 2. The Bertz CT molecular complexity index is 799. The number of ketones is 1. The van der Waals surface area contributed by atoms with Crippen LogP contribution in [0.3, 0.4) is 0 Å². The van der Waals surface area contributed by atoms with Crippen molar-refractivity contribution in [2.24, 2.45) is 5.92 Å². The molecule has 4 aliphatic rings. The summed E-state index contributed by atoms with van der Waals surface area (Å²) >= 11 is 0. The maximum absolute atomic E-state index is 11.4. The van der Waals surface area contributed by atoms with Gasteiger partial charge in [0, 0.05) is 56.1 Å². The van der Waals surface area contributed by atoms with Gasteiger partial charge in [-0.1, -0.05) is 6.92 Å². The highest BCUT2D eigenvalue weighted by Gasteiger charge is 2.42. The molecule has 1 aliphatic carbocycles. The molecule has 1 aromatic heterocycles. The number of hydrogen-bond donors (Lipinski definition) is 0. The molecular weight excluding hydrogens is 422 g/mol. The smallest absolute Gasteiger partial charge is 0.225 e. The minimum Gasteiger partial charge on any atom is -0.332 e. The van der Waals surface area contributed by atoms with Crippen LogP contribution < -0.4 is 4.90 Å². The number of fused-ring (bicyclic) bond motifs is 2. The molecule has 0 aromatic carbocycles. The highest BCUT2D eigenvalue weighted by Crippen LogP contribution is 2.36. The van der Waals surface area contributed by atoms with Gasteiger partial charge in [-0.15, -0.1) is 0 Å². The number of aromatic nitrogens is 2. The van der Waals surface area contributed by atoms with E-state index in [0.717, 1.165) is 31.5 Å². The zero-order valence-corrected chi connectivity index (χ0v) is 21.7. The maximum atomic E-state index is 11.4. The quantitative estimate of drug-likeness (QED) is 0.582. The van der Waals surface area contributed by atoms with E-state index in [4.69, 9.17) is 9.97 Å². The van der Waals surface area contributed by atoms with E-state index in [0.29, 0.717) is 35.7 Å². The first-order valence-electron chi connectivity index (χ1n) is 14.1. The number of carbonyl (C=O) groups excluding carboxylic acids is 1. The van der Waals surface area contributed by atoms with Crippen molar-refractivity contribution < 1.29 is 4.79 Å². The Morgan fingerprint density at radius 3 is 2.09 bits per heavy atom. The number of nitrogens with zero attached hydrogens (tertiary/aromatic N) is 5. The van der Waals surface area contributed by atoms with Gasteiger partial charge in [0.15, 0.2) is 0 Å². The van der Waals surface area contributed by atoms with Crippen molar-refractivity contribution in [2.75, 3.05) is 31.1 Å². The van der Waals surface area contributed by atoms with E-state index in [1.165, 1.54) is 76.4 Å². The molecule has 0 N–H and O–H groups in total. The minimum absolute atomic E-state index is 0.360. The number of piperidine rings is 1. The van der Waals surface area contributed by atoms with Crippen LogP contribution in [-0.4, -0.2) is 75.9 Å². The molecular formula is C28H45N5O. The Labute approximate surface area is 206 Å². The van der Waals surface area contributed by atoms with E-state index < -0.39 is 0 Å². The molecule has 3 atom stereocenters. The Morgan fingerprint density at radius 2 is 1.53 bits per heavy atom. The van der Waals surface area contributed by atoms with Crippen molar-refractivity contribution >= 4 is 11.7 Å². The van der Waals surface area contributed by atoms with Gasteiger partial charge in [-0.2, -0.15) is 0 Å². The molecule has 3 unspecified atom stereocenters. The Morgan fingerprint density at radius 1 is 0.941 bits per heavy atom. The number of carbonyl (C=O) groups is 1. The van der Waals surface area contributed by atoms with Gasteiger partial charge >= 0.3 is 0 Å². The van der Waals surface area contributed by atoms with Crippen LogP contribution in [0.25, 0.3) is 0 Å². The highest BCUT2D eigenvalue weighted by atomic mass is 16.1. The lowest BCUT2D eigenvalue weighted by atomic mass is 9.81. The summed E-state index contributed by atoms with van der Waals surface area (Å²) in [7, 11) is 0. The molecule has 188 valence electrons. The number of Topliss-reactive ketones (excluding diaryl/α,β-unsaturated/α-hetero) is 1. The molecule has 4 heterocycles. The van der Waals surface area contributed by atoms with Gasteiger partial charge < -0.3 is 14.6 Å². The predicted octanol–water partition coefficient (Wildman–Crippen LogP) is 4.65. The zero-order valence-electron chi connectivity index (χ0n) is 21.7. The average molecular weight is 468 g/mol. The number of piperazine rings is 1. The van der Waals surface area contributed by atoms with Crippen LogP contribution in [0.2, 0.25) is 0 Å². The molecule has 5 rings (SSSR count). The number of rotatable bonds is 7. The standard InChI is InChI=1S/C28H45N5O/c1-4-20(2)32-18-26-9-10-27(19-32)33(26)28-29-16-24(17-30-28)23-11-13-31(14-12-23)25-7-5-22(6-8-25)15-21(3)34/h16-17,20,22-23,25-27H,4-15,18-19H2,1-3H3/t20?,22-,25-,26?,27?. The normalized spacial score (nSPS) is 32.1. The van der Waals surface area contributed by atoms with Crippen molar-refractivity contribution in [3.8, 4) is 0 Å². The van der Waals surface area contributed by atoms with Crippen LogP contribution in [0.4, 0.5) is 5.95 Å². The minimum atomic E-state index is 0.360. The first-order chi connectivity index (χ1) is 16.5. The fraction of sp³-hybridized carbons (Fsp3) is 0.821. The van der Waals surface area contributed by atoms with Gasteiger partial charge in [0.05, 0.1) is 0 Å². The van der Waals surface area contributed by atoms with Crippen molar-refractivity contribution in [3.63, 3.8) is 0 Å². The number of hydrogen-bond acceptors (Lipinski definition) is 6. The van der Waals surface area contributed by atoms with E-state index in [-0.39, 0.29) is 0 Å². The number of anilines is 1. The van der Waals surface area contributed by atoms with Gasteiger partial charge in [-0.3, -0.25) is 4.90 Å². The van der Waals surface area contributed by atoms with Crippen LogP contribution in [0.15, 0.2) is 12.4 Å². The summed E-state index contributed by atoms with van der Waals surface area (Å²) in [6, 6.07) is 2.56. The van der Waals surface area contributed by atoms with E-state index >= 15 is 0 Å². The van der Waals surface area contributed by atoms with E-state index in [9.17, 15) is 4.79 Å². The molecule has 0 amide bonds. The molecule has 1 aromatic rings. The Balaban J connectivity index is 1.12. The van der Waals surface area contributed by atoms with Gasteiger partial charge in [-0.05, 0) is 102 Å². The van der Waals surface area contributed by atoms with Crippen molar-refractivity contribution in [1.82, 2.24) is 19.8 Å². The monoisotopic (exact) mass is 467 g/mol. The van der Waals surface area contributed by atoms with Crippen molar-refractivity contribution in [1.29, 1.82) is 0 Å². The lowest BCUT2D eigenvalue weighted by Gasteiger charge is -2.43. The Kier molecular flexibility index (Phi) is 7.55. The molecule has 0 spiro atoms. The van der Waals surface area contributed by atoms with Crippen molar-refractivity contribution in [2.45, 2.75) is 115 Å². The molecule has 6 nitrogen and oxygen atoms in total. The fourth-order valence-electron chi connectivity index (χ4n) is 7.27. The van der Waals surface area contributed by atoms with Crippen LogP contribution in [0.1, 0.15) is 96.5 Å². The third kappa shape index (κ3) is 5.18. The summed E-state index contributed by atoms with van der Waals surface area (Å²) in [6.45, 7) is 11.1. The maximum Gasteiger partial charge on any atom is 0.225 e. The van der Waals surface area contributed by atoms with E-state index in [2.05, 4.69) is 40.9 Å². The van der Waals surface area contributed by atoms with Gasteiger partial charge in [0.25, 0.3) is 0 Å². The van der Waals surface area contributed by atoms with Crippen LogP contribution in [-0.2, 0) is 4.79 Å². The summed E-state index contributed by atoms with van der Waals surface area (Å²) in [5.74, 6) is 2.55. The lowest BCUT2D eigenvalue weighted by molar-refractivity contribution is -0.118. The first-order valence-corrected chi connectivity index (χ1v) is 14.1. The summed E-state index contributed by atoms with van der Waals surface area (Å²) in [5, 5.41) is 0. The SMILES string of the molecule is CCC(C)N1CC2CCC(C1)N2c1ncc(C2CCN([C@H]3CC[C@H](CC(C)=O)CC3)CC2)cn1. The molecule has 34 heavy (non-hydrogen) atoms. The molecule has 4 fully saturated rings. The van der Waals surface area contributed by atoms with Gasteiger partial charge in [0.1, 0.15) is 5.78 Å². The fourth-order valence-corrected chi connectivity index (χ4v) is 7.27. The third-order valence-electron chi connectivity index (χ3n) is 9.52. The lowest BCUT2D eigenvalue weighted by Crippen LogP contribution is -2.56. The third-order valence-corrected chi connectivity index (χ3v) is 9.52. The molecule has 2 bridgehead atoms. The highest BCUT2D eigenvalue weighted by molar-refractivity contribution is 5.75.